The zero-order valence-corrected chi connectivity index (χ0v) is 18.5. The van der Waals surface area contributed by atoms with Crippen LogP contribution in [0.5, 0.6) is 11.5 Å². The molecule has 0 amide bonds. The summed E-state index contributed by atoms with van der Waals surface area (Å²) in [6, 6.07) is 14.2. The number of aliphatic imine (C=N–C) groups is 1. The first-order valence-corrected chi connectivity index (χ1v) is 10.7. The predicted octanol–water partition coefficient (Wildman–Crippen LogP) is 5.44. The average molecular weight is 487 g/mol. The van der Waals surface area contributed by atoms with Gasteiger partial charge in [-0.3, -0.25) is 9.98 Å². The summed E-state index contributed by atoms with van der Waals surface area (Å²) in [5.74, 6) is 1.62. The molecule has 5 rings (SSSR count). The van der Waals surface area contributed by atoms with Crippen LogP contribution in [-0.4, -0.2) is 39.1 Å². The molecule has 4 aromatic rings. The zero-order chi connectivity index (χ0) is 23.9. The first-order valence-electron chi connectivity index (χ1n) is 10.3. The van der Waals surface area contributed by atoms with Crippen LogP contribution in [0.15, 0.2) is 65.8 Å². The summed E-state index contributed by atoms with van der Waals surface area (Å²) in [4.78, 5) is 12.7. The first kappa shape index (κ1) is 22.0. The summed E-state index contributed by atoms with van der Waals surface area (Å²) in [5.41, 5.74) is 2.58. The van der Waals surface area contributed by atoms with Crippen molar-refractivity contribution >= 4 is 40.1 Å². The van der Waals surface area contributed by atoms with E-state index in [0.717, 1.165) is 11.2 Å². The number of aromatic nitrogens is 3. The van der Waals surface area contributed by atoms with E-state index in [-0.39, 0.29) is 18.1 Å². The Hall–Kier alpha value is -3.79. The zero-order valence-electron chi connectivity index (χ0n) is 17.8. The highest BCUT2D eigenvalue weighted by atomic mass is 35.5. The van der Waals surface area contributed by atoms with Crippen LogP contribution in [-0.2, 0) is 7.05 Å². The number of halogens is 4. The van der Waals surface area contributed by atoms with Crippen molar-refractivity contribution in [2.45, 2.75) is 12.2 Å². The minimum Gasteiger partial charge on any atom is -0.457 e. The molecule has 34 heavy (non-hydrogen) atoms. The van der Waals surface area contributed by atoms with Crippen molar-refractivity contribution in [3.8, 4) is 11.5 Å². The van der Waals surface area contributed by atoms with Gasteiger partial charge in [-0.25, -0.2) is 4.98 Å². The summed E-state index contributed by atoms with van der Waals surface area (Å²) in [6.45, 7) is -0.382. The number of rotatable bonds is 5. The second-order valence-electron chi connectivity index (χ2n) is 7.66. The number of pyridine rings is 1. The normalized spacial score (nSPS) is 15.8. The summed E-state index contributed by atoms with van der Waals surface area (Å²) in [6.07, 6.45) is -2.92. The molecule has 0 saturated carbocycles. The van der Waals surface area contributed by atoms with Crippen LogP contribution in [0.1, 0.15) is 5.69 Å². The molecule has 174 valence electrons. The van der Waals surface area contributed by atoms with Gasteiger partial charge in [0.2, 0.25) is 5.95 Å². The molecule has 1 unspecified atom stereocenters. The number of amidine groups is 1. The number of ether oxygens (including phenoxy) is 1. The first-order chi connectivity index (χ1) is 16.3. The fraction of sp³-hybridized carbons (Fsp3) is 0.174. The van der Waals surface area contributed by atoms with Gasteiger partial charge in [0.25, 0.3) is 0 Å². The Morgan fingerprint density at radius 1 is 1.12 bits per heavy atom. The highest BCUT2D eigenvalue weighted by Gasteiger charge is 2.42. The number of alkyl halides is 3. The van der Waals surface area contributed by atoms with E-state index in [0.29, 0.717) is 28.0 Å². The fourth-order valence-electron chi connectivity index (χ4n) is 3.56. The van der Waals surface area contributed by atoms with Crippen molar-refractivity contribution in [2.24, 2.45) is 12.0 Å². The molecular weight excluding hydrogens is 469 g/mol. The molecule has 0 spiro atoms. The fourth-order valence-corrected chi connectivity index (χ4v) is 3.74. The molecule has 0 radical (unpaired) electrons. The van der Waals surface area contributed by atoms with Crippen molar-refractivity contribution in [2.75, 3.05) is 11.9 Å². The molecule has 1 aliphatic heterocycles. The predicted molar refractivity (Wildman–Crippen MR) is 124 cm³/mol. The number of para-hydroxylation sites is 1. The van der Waals surface area contributed by atoms with Gasteiger partial charge in [0.1, 0.15) is 29.1 Å². The minimum atomic E-state index is -4.38. The van der Waals surface area contributed by atoms with Crippen LogP contribution < -0.4 is 15.4 Å². The number of aryl methyl sites for hydroxylation is 1. The van der Waals surface area contributed by atoms with Crippen molar-refractivity contribution in [1.82, 2.24) is 19.9 Å². The maximum Gasteiger partial charge on any atom is 0.410 e. The van der Waals surface area contributed by atoms with Crippen LogP contribution in [0.4, 0.5) is 24.8 Å². The van der Waals surface area contributed by atoms with E-state index in [2.05, 4.69) is 25.6 Å². The molecule has 2 aromatic heterocycles. The minimum absolute atomic E-state index is 0.0863. The molecule has 7 nitrogen and oxygen atoms in total. The van der Waals surface area contributed by atoms with Crippen molar-refractivity contribution in [3.05, 3.63) is 71.5 Å². The Kier molecular flexibility index (Phi) is 5.52. The third-order valence-corrected chi connectivity index (χ3v) is 5.65. The molecule has 1 atom stereocenters. The van der Waals surface area contributed by atoms with Crippen molar-refractivity contribution in [1.29, 1.82) is 0 Å². The molecule has 0 bridgehead atoms. The Balaban J connectivity index is 1.36. The van der Waals surface area contributed by atoms with Gasteiger partial charge in [0.15, 0.2) is 0 Å². The van der Waals surface area contributed by atoms with E-state index in [1.54, 1.807) is 24.3 Å². The van der Waals surface area contributed by atoms with Gasteiger partial charge in [-0.15, -0.1) is 0 Å². The summed E-state index contributed by atoms with van der Waals surface area (Å²) < 4.78 is 46.6. The standard InChI is InChI=1S/C23H18ClF3N6O/c1-33-19-7-6-13(10-17(19)31-22(33)30-16-5-3-2-4-15(16)24)34-14-8-9-28-18(11-14)21-29-12-20(32-21)23(25,26)27/h2-11,20H,12H2,1H3,(H,29,32)(H,30,31). The maximum absolute atomic E-state index is 12.9. The van der Waals surface area contributed by atoms with Crippen molar-refractivity contribution < 1.29 is 17.9 Å². The van der Waals surface area contributed by atoms with E-state index in [9.17, 15) is 13.2 Å². The van der Waals surface area contributed by atoms with E-state index in [1.807, 2.05) is 35.9 Å². The Bertz CT molecular complexity index is 1400. The second-order valence-corrected chi connectivity index (χ2v) is 8.06. The Labute approximate surface area is 197 Å². The van der Waals surface area contributed by atoms with Gasteiger partial charge in [0.05, 0.1) is 28.3 Å². The number of hydrogen-bond donors (Lipinski definition) is 2. The molecule has 2 aromatic carbocycles. The number of hydrogen-bond acceptors (Lipinski definition) is 6. The highest BCUT2D eigenvalue weighted by Crippen LogP contribution is 2.30. The lowest BCUT2D eigenvalue weighted by molar-refractivity contribution is -0.147. The molecular formula is C23H18ClF3N6O. The number of anilines is 2. The third kappa shape index (κ3) is 4.36. The van der Waals surface area contributed by atoms with Gasteiger partial charge in [-0.2, -0.15) is 13.2 Å². The van der Waals surface area contributed by atoms with Gasteiger partial charge in [-0.05, 0) is 30.3 Å². The molecule has 0 saturated heterocycles. The van der Waals surface area contributed by atoms with Gasteiger partial charge >= 0.3 is 6.18 Å². The van der Waals surface area contributed by atoms with Gasteiger partial charge in [-0.1, -0.05) is 23.7 Å². The Morgan fingerprint density at radius 2 is 1.91 bits per heavy atom. The topological polar surface area (TPSA) is 76.4 Å². The number of benzene rings is 2. The van der Waals surface area contributed by atoms with Gasteiger partial charge in [0, 0.05) is 25.4 Å². The maximum atomic E-state index is 12.9. The van der Waals surface area contributed by atoms with Crippen LogP contribution in [0.3, 0.4) is 0 Å². The van der Waals surface area contributed by atoms with Crippen molar-refractivity contribution in [3.63, 3.8) is 0 Å². The number of nitrogens with one attached hydrogen (secondary N) is 2. The van der Waals surface area contributed by atoms with E-state index < -0.39 is 12.2 Å². The Morgan fingerprint density at radius 3 is 2.68 bits per heavy atom. The second kappa shape index (κ2) is 8.53. The van der Waals surface area contributed by atoms with E-state index >= 15 is 0 Å². The third-order valence-electron chi connectivity index (χ3n) is 5.32. The highest BCUT2D eigenvalue weighted by molar-refractivity contribution is 6.33. The summed E-state index contributed by atoms with van der Waals surface area (Å²) >= 11 is 6.24. The quantitative estimate of drug-likeness (QED) is 0.393. The van der Waals surface area contributed by atoms with E-state index in [1.165, 1.54) is 12.3 Å². The van der Waals surface area contributed by atoms with Crippen LogP contribution in [0.2, 0.25) is 5.02 Å². The molecule has 3 heterocycles. The summed E-state index contributed by atoms with van der Waals surface area (Å²) in [7, 11) is 1.88. The largest absolute Gasteiger partial charge is 0.457 e. The van der Waals surface area contributed by atoms with Gasteiger partial charge < -0.3 is 19.9 Å². The molecule has 1 aliphatic rings. The lowest BCUT2D eigenvalue weighted by Crippen LogP contribution is -2.42. The number of nitrogens with zero attached hydrogens (tertiary/aromatic N) is 4. The SMILES string of the molecule is Cn1c(Nc2ccccc2Cl)nc2cc(Oc3ccnc(C4=NCC(C(F)(F)F)N4)c3)ccc21. The molecule has 11 heteroatoms. The lowest BCUT2D eigenvalue weighted by atomic mass is 10.2. The molecule has 2 N–H and O–H groups in total. The lowest BCUT2D eigenvalue weighted by Gasteiger charge is -2.15. The molecule has 0 aliphatic carbocycles. The van der Waals surface area contributed by atoms with Crippen LogP contribution in [0.25, 0.3) is 11.0 Å². The average Bonchev–Trinajstić information content (AvgIpc) is 3.41. The monoisotopic (exact) mass is 486 g/mol. The number of imidazole rings is 1. The smallest absolute Gasteiger partial charge is 0.410 e. The summed E-state index contributed by atoms with van der Waals surface area (Å²) in [5, 5.41) is 6.17. The molecule has 0 fully saturated rings. The van der Waals surface area contributed by atoms with Crippen LogP contribution >= 0.6 is 11.6 Å². The number of fused-ring (bicyclic) bond motifs is 1. The van der Waals surface area contributed by atoms with Crippen LogP contribution in [0, 0.1) is 0 Å². The van der Waals surface area contributed by atoms with E-state index in [4.69, 9.17) is 16.3 Å².